The van der Waals surface area contributed by atoms with E-state index in [2.05, 4.69) is 14.0 Å². The highest BCUT2D eigenvalue weighted by atomic mass is 31.2. The molecule has 0 aliphatic heterocycles. The quantitative estimate of drug-likeness (QED) is 0.464. The maximum Gasteiger partial charge on any atom is 0.399 e. The van der Waals surface area contributed by atoms with Crippen LogP contribution in [-0.2, 0) is 28.2 Å². The van der Waals surface area contributed by atoms with E-state index in [-0.39, 0.29) is 0 Å². The first-order valence-electron chi connectivity index (χ1n) is 6.28. The number of alkyl halides is 2. The molecule has 1 atom stereocenters. The number of esters is 2. The second-order valence-electron chi connectivity index (χ2n) is 6.55. The number of carbonyl (C=O) groups excluding carboxylic acids is 2. The molecule has 0 rings (SSSR count). The maximum atomic E-state index is 12.4. The van der Waals surface area contributed by atoms with Crippen LogP contribution in [0.15, 0.2) is 0 Å². The lowest BCUT2D eigenvalue weighted by Gasteiger charge is -2.26. The Morgan fingerprint density at radius 1 is 0.955 bits per heavy atom. The summed E-state index contributed by atoms with van der Waals surface area (Å²) in [6.07, 6.45) is -3.74. The summed E-state index contributed by atoms with van der Waals surface area (Å²) in [4.78, 5) is 32.4. The standard InChI is InChI=1S/C12H21F2O7P/c1-11(2,3)7(15)19-10(20-8(16)12(4,5)6)21-22(17,18)9(13)14/h9-10H,1-6H3,(H,17,18). The van der Waals surface area contributed by atoms with Crippen molar-refractivity contribution in [2.45, 2.75) is 54.2 Å². The fourth-order valence-electron chi connectivity index (χ4n) is 0.765. The molecule has 0 aromatic rings. The van der Waals surface area contributed by atoms with Gasteiger partial charge in [0.1, 0.15) is 0 Å². The van der Waals surface area contributed by atoms with Crippen molar-refractivity contribution in [1.29, 1.82) is 0 Å². The second kappa shape index (κ2) is 7.02. The SMILES string of the molecule is CC(C)(C)C(=O)OC(OC(=O)C(C)(C)C)OP(=O)(O)C(F)F. The summed E-state index contributed by atoms with van der Waals surface area (Å²) in [7, 11) is -5.43. The summed E-state index contributed by atoms with van der Waals surface area (Å²) in [6.45, 7) is 6.34. The topological polar surface area (TPSA) is 99.1 Å². The molecule has 1 unspecified atom stereocenters. The van der Waals surface area contributed by atoms with Crippen molar-refractivity contribution < 1.29 is 41.8 Å². The summed E-state index contributed by atoms with van der Waals surface area (Å²) in [6, 6.07) is 0. The Labute approximate surface area is 127 Å². The number of halogens is 2. The average molecular weight is 346 g/mol. The summed E-state index contributed by atoms with van der Waals surface area (Å²) < 4.78 is 49.3. The van der Waals surface area contributed by atoms with Crippen molar-refractivity contribution in [2.24, 2.45) is 10.8 Å². The van der Waals surface area contributed by atoms with Gasteiger partial charge < -0.3 is 14.4 Å². The van der Waals surface area contributed by atoms with E-state index in [0.29, 0.717) is 0 Å². The summed E-state index contributed by atoms with van der Waals surface area (Å²) in [5, 5.41) is 0. The van der Waals surface area contributed by atoms with Crippen molar-refractivity contribution in [3.63, 3.8) is 0 Å². The fourth-order valence-corrected chi connectivity index (χ4v) is 1.19. The zero-order valence-electron chi connectivity index (χ0n) is 13.3. The van der Waals surface area contributed by atoms with E-state index < -0.39 is 43.0 Å². The molecule has 10 heteroatoms. The van der Waals surface area contributed by atoms with Crippen LogP contribution < -0.4 is 0 Å². The minimum absolute atomic E-state index is 0.964. The van der Waals surface area contributed by atoms with Crippen molar-refractivity contribution in [3.8, 4) is 0 Å². The van der Waals surface area contributed by atoms with Gasteiger partial charge in [-0.2, -0.15) is 8.78 Å². The highest BCUT2D eigenvalue weighted by Crippen LogP contribution is 2.50. The first kappa shape index (κ1) is 20.9. The highest BCUT2D eigenvalue weighted by molar-refractivity contribution is 7.53. The Morgan fingerprint density at radius 2 is 1.27 bits per heavy atom. The molecule has 0 aromatic heterocycles. The van der Waals surface area contributed by atoms with Gasteiger partial charge in [0.05, 0.1) is 10.8 Å². The van der Waals surface area contributed by atoms with Gasteiger partial charge in [-0.1, -0.05) is 0 Å². The number of ether oxygens (including phenoxy) is 2. The molecular formula is C12H21F2O7P. The summed E-state index contributed by atoms with van der Waals surface area (Å²) in [5.41, 5.74) is -2.14. The number of hydrogen-bond donors (Lipinski definition) is 1. The molecular weight excluding hydrogens is 325 g/mol. The van der Waals surface area contributed by atoms with Crippen LogP contribution in [0.4, 0.5) is 8.78 Å². The van der Waals surface area contributed by atoms with Crippen LogP contribution >= 0.6 is 7.60 Å². The van der Waals surface area contributed by atoms with Gasteiger partial charge in [-0.3, -0.25) is 14.2 Å². The van der Waals surface area contributed by atoms with Gasteiger partial charge in [0, 0.05) is 0 Å². The number of hydrogen-bond acceptors (Lipinski definition) is 6. The Morgan fingerprint density at radius 3 is 1.50 bits per heavy atom. The molecule has 0 amide bonds. The lowest BCUT2D eigenvalue weighted by atomic mass is 9.97. The van der Waals surface area contributed by atoms with E-state index in [1.807, 2.05) is 0 Å². The van der Waals surface area contributed by atoms with Gasteiger partial charge >= 0.3 is 32.2 Å². The molecule has 0 saturated carbocycles. The molecule has 0 aliphatic carbocycles. The smallest absolute Gasteiger partial charge is 0.399 e. The number of carbonyl (C=O) groups is 2. The normalized spacial score (nSPS) is 15.6. The molecule has 0 bridgehead atoms. The van der Waals surface area contributed by atoms with Gasteiger partial charge in [-0.05, 0) is 41.5 Å². The molecule has 0 heterocycles. The van der Waals surface area contributed by atoms with Crippen LogP contribution in [0.3, 0.4) is 0 Å². The van der Waals surface area contributed by atoms with Gasteiger partial charge in [-0.15, -0.1) is 0 Å². The van der Waals surface area contributed by atoms with E-state index in [0.717, 1.165) is 0 Å². The second-order valence-corrected chi connectivity index (χ2v) is 8.28. The first-order valence-corrected chi connectivity index (χ1v) is 7.93. The fraction of sp³-hybridized carbons (Fsp3) is 0.833. The van der Waals surface area contributed by atoms with Gasteiger partial charge in [0.2, 0.25) is 0 Å². The minimum Gasteiger partial charge on any atom is -0.400 e. The maximum absolute atomic E-state index is 12.4. The highest BCUT2D eigenvalue weighted by Gasteiger charge is 2.41. The van der Waals surface area contributed by atoms with Crippen LogP contribution in [0.5, 0.6) is 0 Å². The third-order valence-corrected chi connectivity index (χ3v) is 3.08. The predicted octanol–water partition coefficient (Wildman–Crippen LogP) is 2.87. The molecule has 1 N–H and O–H groups in total. The van der Waals surface area contributed by atoms with Crippen LogP contribution in [0.2, 0.25) is 0 Å². The summed E-state index contributed by atoms with van der Waals surface area (Å²) >= 11 is 0. The van der Waals surface area contributed by atoms with Gasteiger partial charge in [0.15, 0.2) is 0 Å². The third-order valence-electron chi connectivity index (χ3n) is 2.12. The van der Waals surface area contributed by atoms with E-state index in [9.17, 15) is 22.9 Å². The van der Waals surface area contributed by atoms with Crippen LogP contribution in [0.25, 0.3) is 0 Å². The van der Waals surface area contributed by atoms with E-state index in [1.165, 1.54) is 41.5 Å². The van der Waals surface area contributed by atoms with E-state index in [4.69, 9.17) is 4.89 Å². The Bertz CT molecular complexity index is 437. The van der Waals surface area contributed by atoms with Crippen molar-refractivity contribution >= 4 is 19.5 Å². The van der Waals surface area contributed by atoms with Gasteiger partial charge in [0.25, 0.3) is 0 Å². The Balaban J connectivity index is 5.21. The van der Waals surface area contributed by atoms with Crippen molar-refractivity contribution in [2.75, 3.05) is 0 Å². The molecule has 0 aliphatic rings. The lowest BCUT2D eigenvalue weighted by Crippen LogP contribution is -2.35. The molecule has 0 aromatic carbocycles. The zero-order chi connectivity index (χ0) is 17.9. The van der Waals surface area contributed by atoms with E-state index >= 15 is 0 Å². The zero-order valence-corrected chi connectivity index (χ0v) is 14.1. The average Bonchev–Trinajstić information content (AvgIpc) is 2.24. The van der Waals surface area contributed by atoms with Gasteiger partial charge in [-0.25, -0.2) is 4.52 Å². The molecule has 0 fully saturated rings. The monoisotopic (exact) mass is 346 g/mol. The minimum atomic E-state index is -5.43. The van der Waals surface area contributed by atoms with E-state index in [1.54, 1.807) is 0 Å². The van der Waals surface area contributed by atoms with Crippen LogP contribution in [-0.4, -0.2) is 29.5 Å². The number of rotatable bonds is 5. The molecule has 22 heavy (non-hydrogen) atoms. The third kappa shape index (κ3) is 6.81. The summed E-state index contributed by atoms with van der Waals surface area (Å²) in [5.74, 6) is -1.93. The molecule has 0 spiro atoms. The Kier molecular flexibility index (Phi) is 6.68. The van der Waals surface area contributed by atoms with Crippen molar-refractivity contribution in [1.82, 2.24) is 0 Å². The Hall–Kier alpha value is -1.05. The predicted molar refractivity (Wildman–Crippen MR) is 71.8 cm³/mol. The first-order chi connectivity index (χ1) is 9.57. The van der Waals surface area contributed by atoms with Crippen molar-refractivity contribution in [3.05, 3.63) is 0 Å². The van der Waals surface area contributed by atoms with Crippen LogP contribution in [0.1, 0.15) is 41.5 Å². The largest absolute Gasteiger partial charge is 0.400 e. The molecule has 7 nitrogen and oxygen atoms in total. The lowest BCUT2D eigenvalue weighted by molar-refractivity contribution is -0.247. The molecule has 0 radical (unpaired) electrons. The van der Waals surface area contributed by atoms with Crippen LogP contribution in [0, 0.1) is 10.8 Å². The molecule has 130 valence electrons. The molecule has 0 saturated heterocycles.